The summed E-state index contributed by atoms with van der Waals surface area (Å²) >= 11 is 0. The van der Waals surface area contributed by atoms with Crippen LogP contribution < -0.4 is 0 Å². The van der Waals surface area contributed by atoms with Gasteiger partial charge in [0.1, 0.15) is 5.76 Å². The van der Waals surface area contributed by atoms with E-state index in [1.165, 1.54) is 22.3 Å². The second-order valence-corrected chi connectivity index (χ2v) is 7.23. The Hall–Kier alpha value is -2.92. The normalized spacial score (nSPS) is 17.0. The Labute approximate surface area is 158 Å². The largest absolute Gasteiger partial charge is 0.361 e. The molecule has 0 saturated carbocycles. The van der Waals surface area contributed by atoms with Crippen LogP contribution >= 0.6 is 0 Å². The minimum atomic E-state index is -0.0428. The molecule has 0 bridgehead atoms. The number of aromatic nitrogens is 1. The molecule has 2 aromatic carbocycles. The van der Waals surface area contributed by atoms with Gasteiger partial charge in [-0.1, -0.05) is 53.7 Å². The summed E-state index contributed by atoms with van der Waals surface area (Å²) in [5.41, 5.74) is 5.79. The molecule has 1 amide bonds. The van der Waals surface area contributed by atoms with Gasteiger partial charge in [0, 0.05) is 32.2 Å². The van der Waals surface area contributed by atoms with E-state index in [0.29, 0.717) is 24.5 Å². The van der Waals surface area contributed by atoms with Crippen molar-refractivity contribution in [1.82, 2.24) is 15.0 Å². The molecule has 136 valence electrons. The fourth-order valence-corrected chi connectivity index (χ4v) is 4.33. The Morgan fingerprint density at radius 1 is 0.963 bits per heavy atom. The minimum absolute atomic E-state index is 0.0428. The summed E-state index contributed by atoms with van der Waals surface area (Å²) in [6.45, 7) is 4.89. The third-order valence-electron chi connectivity index (χ3n) is 5.61. The number of hydrogen-bond acceptors (Lipinski definition) is 4. The molecule has 0 unspecified atom stereocenters. The number of amides is 1. The van der Waals surface area contributed by atoms with E-state index in [1.54, 1.807) is 13.0 Å². The summed E-state index contributed by atoms with van der Waals surface area (Å²) in [4.78, 5) is 17.0. The predicted molar refractivity (Wildman–Crippen MR) is 102 cm³/mol. The summed E-state index contributed by atoms with van der Waals surface area (Å²) in [6.07, 6.45) is 0. The lowest BCUT2D eigenvalue weighted by molar-refractivity contribution is 0.0590. The molecule has 1 aliphatic carbocycles. The van der Waals surface area contributed by atoms with Crippen LogP contribution in [0.2, 0.25) is 0 Å². The van der Waals surface area contributed by atoms with Crippen molar-refractivity contribution in [3.8, 4) is 11.1 Å². The van der Waals surface area contributed by atoms with Crippen LogP contribution in [0.1, 0.15) is 33.4 Å². The van der Waals surface area contributed by atoms with E-state index in [2.05, 4.69) is 58.6 Å². The van der Waals surface area contributed by atoms with Gasteiger partial charge in [-0.25, -0.2) is 0 Å². The fourth-order valence-electron chi connectivity index (χ4n) is 4.33. The Balaban J connectivity index is 1.38. The van der Waals surface area contributed by atoms with E-state index in [1.807, 2.05) is 4.90 Å². The first-order valence-corrected chi connectivity index (χ1v) is 9.37. The van der Waals surface area contributed by atoms with Crippen molar-refractivity contribution in [1.29, 1.82) is 0 Å². The molecular formula is C22H21N3O2. The predicted octanol–water partition coefficient (Wildman–Crippen LogP) is 3.51. The Morgan fingerprint density at radius 2 is 1.56 bits per heavy atom. The molecule has 5 nitrogen and oxygen atoms in total. The van der Waals surface area contributed by atoms with Crippen molar-refractivity contribution in [2.45, 2.75) is 13.0 Å². The van der Waals surface area contributed by atoms with E-state index in [0.717, 1.165) is 13.1 Å². The monoisotopic (exact) mass is 359 g/mol. The topological polar surface area (TPSA) is 49.6 Å². The van der Waals surface area contributed by atoms with Crippen LogP contribution in [0.4, 0.5) is 0 Å². The average molecular weight is 359 g/mol. The zero-order chi connectivity index (χ0) is 18.4. The average Bonchev–Trinajstić information content (AvgIpc) is 3.29. The molecule has 1 aliphatic heterocycles. The Kier molecular flexibility index (Phi) is 3.83. The second-order valence-electron chi connectivity index (χ2n) is 7.23. The molecule has 0 radical (unpaired) electrons. The zero-order valence-corrected chi connectivity index (χ0v) is 15.3. The van der Waals surface area contributed by atoms with Crippen molar-refractivity contribution in [2.75, 3.05) is 26.2 Å². The third kappa shape index (κ3) is 2.66. The molecule has 0 spiro atoms. The van der Waals surface area contributed by atoms with Gasteiger partial charge in [-0.05, 0) is 29.2 Å². The first kappa shape index (κ1) is 16.3. The van der Waals surface area contributed by atoms with E-state index in [9.17, 15) is 4.79 Å². The van der Waals surface area contributed by atoms with Gasteiger partial charge in [-0.2, -0.15) is 0 Å². The molecule has 0 atom stereocenters. The van der Waals surface area contributed by atoms with Gasteiger partial charge >= 0.3 is 0 Å². The van der Waals surface area contributed by atoms with E-state index in [-0.39, 0.29) is 11.9 Å². The number of carbonyl (C=O) groups is 1. The van der Waals surface area contributed by atoms with Crippen molar-refractivity contribution in [3.63, 3.8) is 0 Å². The van der Waals surface area contributed by atoms with Gasteiger partial charge in [0.25, 0.3) is 5.91 Å². The molecule has 1 aromatic heterocycles. The smallest absolute Gasteiger partial charge is 0.276 e. The summed E-state index contributed by atoms with van der Waals surface area (Å²) < 4.78 is 5.05. The van der Waals surface area contributed by atoms with Crippen molar-refractivity contribution < 1.29 is 9.32 Å². The maximum Gasteiger partial charge on any atom is 0.276 e. The van der Waals surface area contributed by atoms with Crippen LogP contribution in [0.15, 0.2) is 59.1 Å². The van der Waals surface area contributed by atoms with Crippen molar-refractivity contribution >= 4 is 5.91 Å². The van der Waals surface area contributed by atoms with Crippen LogP contribution in [0, 0.1) is 6.92 Å². The summed E-state index contributed by atoms with van der Waals surface area (Å²) in [5.74, 6) is 0.620. The highest BCUT2D eigenvalue weighted by atomic mass is 16.5. The highest BCUT2D eigenvalue weighted by molar-refractivity contribution is 5.92. The van der Waals surface area contributed by atoms with Gasteiger partial charge in [0.2, 0.25) is 0 Å². The Morgan fingerprint density at radius 3 is 2.11 bits per heavy atom. The minimum Gasteiger partial charge on any atom is -0.361 e. The second kappa shape index (κ2) is 6.35. The lowest BCUT2D eigenvalue weighted by Gasteiger charge is -2.38. The molecule has 1 saturated heterocycles. The molecule has 2 heterocycles. The van der Waals surface area contributed by atoms with Gasteiger partial charge in [-0.15, -0.1) is 0 Å². The summed E-state index contributed by atoms with van der Waals surface area (Å²) in [6, 6.07) is 19.3. The molecule has 3 aromatic rings. The van der Waals surface area contributed by atoms with Crippen LogP contribution in [0.5, 0.6) is 0 Å². The number of benzene rings is 2. The van der Waals surface area contributed by atoms with Crippen molar-refractivity contribution in [3.05, 3.63) is 77.2 Å². The fraction of sp³-hybridized carbons (Fsp3) is 0.273. The molecule has 1 fully saturated rings. The van der Waals surface area contributed by atoms with Crippen LogP contribution in [-0.2, 0) is 0 Å². The number of carbonyl (C=O) groups excluding carboxylic acids is 1. The van der Waals surface area contributed by atoms with Crippen LogP contribution in [0.25, 0.3) is 11.1 Å². The summed E-state index contributed by atoms with van der Waals surface area (Å²) in [5, 5.41) is 3.87. The lowest BCUT2D eigenvalue weighted by atomic mass is 10.0. The summed E-state index contributed by atoms with van der Waals surface area (Å²) in [7, 11) is 0. The molecule has 5 heteroatoms. The van der Waals surface area contributed by atoms with Gasteiger partial charge < -0.3 is 9.42 Å². The third-order valence-corrected chi connectivity index (χ3v) is 5.61. The number of aryl methyl sites for hydroxylation is 1. The van der Waals surface area contributed by atoms with E-state index in [4.69, 9.17) is 4.52 Å². The lowest BCUT2D eigenvalue weighted by Crippen LogP contribution is -2.49. The number of piperazine rings is 1. The number of rotatable bonds is 2. The van der Waals surface area contributed by atoms with E-state index < -0.39 is 0 Å². The maximum absolute atomic E-state index is 12.6. The Bertz CT molecular complexity index is 957. The van der Waals surface area contributed by atoms with E-state index >= 15 is 0 Å². The van der Waals surface area contributed by atoms with Crippen molar-refractivity contribution in [2.24, 2.45) is 0 Å². The number of hydrogen-bond donors (Lipinski definition) is 0. The number of nitrogens with zero attached hydrogens (tertiary/aromatic N) is 3. The van der Waals surface area contributed by atoms with Crippen LogP contribution in [0.3, 0.4) is 0 Å². The first-order chi connectivity index (χ1) is 13.2. The highest BCUT2D eigenvalue weighted by Gasteiger charge is 2.35. The standard InChI is InChI=1S/C22H21N3O2/c1-15-14-20(23-27-15)22(26)25-12-10-24(11-13-25)21-18-8-4-2-6-16(18)17-7-3-5-9-19(17)21/h2-9,14,21H,10-13H2,1H3. The number of fused-ring (bicyclic) bond motifs is 3. The van der Waals surface area contributed by atoms with Gasteiger partial charge in [-0.3, -0.25) is 9.69 Å². The molecular weight excluding hydrogens is 338 g/mol. The molecule has 0 N–H and O–H groups in total. The molecule has 27 heavy (non-hydrogen) atoms. The van der Waals surface area contributed by atoms with Gasteiger partial charge in [0.15, 0.2) is 5.69 Å². The maximum atomic E-state index is 12.6. The molecule has 5 rings (SSSR count). The first-order valence-electron chi connectivity index (χ1n) is 9.37. The highest BCUT2D eigenvalue weighted by Crippen LogP contribution is 2.46. The quantitative estimate of drug-likeness (QED) is 0.703. The SMILES string of the molecule is Cc1cc(C(=O)N2CCN(C3c4ccccc4-c4ccccc43)CC2)no1. The molecule has 2 aliphatic rings. The zero-order valence-electron chi connectivity index (χ0n) is 15.3. The van der Waals surface area contributed by atoms with Gasteiger partial charge in [0.05, 0.1) is 6.04 Å². The van der Waals surface area contributed by atoms with Crippen LogP contribution in [-0.4, -0.2) is 47.0 Å².